The van der Waals surface area contributed by atoms with Gasteiger partial charge >= 0.3 is 0 Å². The van der Waals surface area contributed by atoms with Crippen LogP contribution >= 0.6 is 15.9 Å². The van der Waals surface area contributed by atoms with Gasteiger partial charge in [0, 0.05) is 17.1 Å². The first-order valence-electron chi connectivity index (χ1n) is 4.07. The van der Waals surface area contributed by atoms with Gasteiger partial charge in [-0.2, -0.15) is 0 Å². The standard InChI is InChI=1S/C9H10BrF2NO/c10-6-4-8(12)7(11)3-5(6)9(13)1-2-14/h3-4,9,14H,1-2,13H2. The number of benzene rings is 1. The Hall–Kier alpha value is -0.520. The third-order valence-electron chi connectivity index (χ3n) is 1.88. The first-order valence-corrected chi connectivity index (χ1v) is 4.86. The summed E-state index contributed by atoms with van der Waals surface area (Å²) in [4.78, 5) is 0. The van der Waals surface area contributed by atoms with Gasteiger partial charge in [-0.15, -0.1) is 0 Å². The fraction of sp³-hybridized carbons (Fsp3) is 0.333. The van der Waals surface area contributed by atoms with Crippen LogP contribution in [0.15, 0.2) is 16.6 Å². The van der Waals surface area contributed by atoms with Gasteiger partial charge in [0.25, 0.3) is 0 Å². The van der Waals surface area contributed by atoms with Crippen LogP contribution in [0.4, 0.5) is 8.78 Å². The zero-order valence-electron chi connectivity index (χ0n) is 7.30. The highest BCUT2D eigenvalue weighted by atomic mass is 79.9. The van der Waals surface area contributed by atoms with Crippen LogP contribution in [0, 0.1) is 11.6 Å². The van der Waals surface area contributed by atoms with Gasteiger partial charge in [-0.05, 0) is 24.1 Å². The minimum Gasteiger partial charge on any atom is -0.396 e. The molecule has 0 amide bonds. The Morgan fingerprint density at radius 2 is 1.93 bits per heavy atom. The minimum atomic E-state index is -0.934. The van der Waals surface area contributed by atoms with E-state index in [-0.39, 0.29) is 6.61 Å². The number of hydrogen-bond donors (Lipinski definition) is 2. The highest BCUT2D eigenvalue weighted by Gasteiger charge is 2.13. The Bertz CT molecular complexity index is 333. The van der Waals surface area contributed by atoms with Crippen molar-refractivity contribution in [3.05, 3.63) is 33.8 Å². The van der Waals surface area contributed by atoms with Gasteiger partial charge in [-0.1, -0.05) is 15.9 Å². The van der Waals surface area contributed by atoms with E-state index in [9.17, 15) is 8.78 Å². The zero-order valence-corrected chi connectivity index (χ0v) is 8.89. The van der Waals surface area contributed by atoms with Crippen LogP contribution in [0.3, 0.4) is 0 Å². The molecule has 0 aliphatic heterocycles. The summed E-state index contributed by atoms with van der Waals surface area (Å²) in [5.41, 5.74) is 6.10. The molecule has 0 bridgehead atoms. The molecule has 0 aliphatic carbocycles. The van der Waals surface area contributed by atoms with Crippen molar-refractivity contribution in [1.29, 1.82) is 0 Å². The molecule has 0 saturated carbocycles. The zero-order chi connectivity index (χ0) is 10.7. The van der Waals surface area contributed by atoms with Gasteiger partial charge in [0.15, 0.2) is 11.6 Å². The topological polar surface area (TPSA) is 46.2 Å². The SMILES string of the molecule is NC(CCO)c1cc(F)c(F)cc1Br. The number of aliphatic hydroxyl groups is 1. The molecule has 78 valence electrons. The molecule has 1 atom stereocenters. The van der Waals surface area contributed by atoms with Gasteiger partial charge in [0.05, 0.1) is 0 Å². The van der Waals surface area contributed by atoms with Crippen LogP contribution < -0.4 is 5.73 Å². The van der Waals surface area contributed by atoms with Crippen LogP contribution in [0.2, 0.25) is 0 Å². The normalized spacial score (nSPS) is 12.9. The van der Waals surface area contributed by atoms with Crippen molar-refractivity contribution in [2.75, 3.05) is 6.61 Å². The third-order valence-corrected chi connectivity index (χ3v) is 2.57. The van der Waals surface area contributed by atoms with Crippen LogP contribution in [-0.4, -0.2) is 11.7 Å². The predicted octanol–water partition coefficient (Wildman–Crippen LogP) is 2.11. The van der Waals surface area contributed by atoms with Crippen molar-refractivity contribution < 1.29 is 13.9 Å². The van der Waals surface area contributed by atoms with Crippen LogP contribution in [0.5, 0.6) is 0 Å². The van der Waals surface area contributed by atoms with E-state index in [0.29, 0.717) is 16.5 Å². The fourth-order valence-corrected chi connectivity index (χ4v) is 1.73. The van der Waals surface area contributed by atoms with Crippen molar-refractivity contribution in [2.24, 2.45) is 5.73 Å². The number of aliphatic hydroxyl groups excluding tert-OH is 1. The van der Waals surface area contributed by atoms with E-state index in [1.807, 2.05) is 0 Å². The van der Waals surface area contributed by atoms with E-state index in [4.69, 9.17) is 10.8 Å². The molecule has 1 aromatic carbocycles. The van der Waals surface area contributed by atoms with E-state index in [2.05, 4.69) is 15.9 Å². The molecule has 0 saturated heterocycles. The average Bonchev–Trinajstić information content (AvgIpc) is 2.11. The molecule has 3 N–H and O–H groups in total. The van der Waals surface area contributed by atoms with Crippen molar-refractivity contribution in [1.82, 2.24) is 0 Å². The van der Waals surface area contributed by atoms with Gasteiger partial charge < -0.3 is 10.8 Å². The monoisotopic (exact) mass is 265 g/mol. The number of nitrogens with two attached hydrogens (primary N) is 1. The number of rotatable bonds is 3. The molecule has 1 unspecified atom stereocenters. The first kappa shape index (κ1) is 11.6. The van der Waals surface area contributed by atoms with Gasteiger partial charge in [0.2, 0.25) is 0 Å². The van der Waals surface area contributed by atoms with E-state index < -0.39 is 17.7 Å². The maximum atomic E-state index is 12.8. The van der Waals surface area contributed by atoms with Crippen molar-refractivity contribution in [2.45, 2.75) is 12.5 Å². The highest BCUT2D eigenvalue weighted by Crippen LogP contribution is 2.26. The summed E-state index contributed by atoms with van der Waals surface area (Å²) in [6.07, 6.45) is 0.309. The van der Waals surface area contributed by atoms with E-state index in [1.165, 1.54) is 0 Å². The first-order chi connectivity index (χ1) is 6.56. The summed E-state index contributed by atoms with van der Waals surface area (Å²) < 4.78 is 26.0. The minimum absolute atomic E-state index is 0.0907. The largest absolute Gasteiger partial charge is 0.396 e. The molecule has 1 rings (SSSR count). The van der Waals surface area contributed by atoms with Gasteiger partial charge in [-0.3, -0.25) is 0 Å². The Kier molecular flexibility index (Phi) is 3.97. The van der Waals surface area contributed by atoms with Gasteiger partial charge in [0.1, 0.15) is 0 Å². The molecular formula is C9H10BrF2NO. The lowest BCUT2D eigenvalue weighted by molar-refractivity contribution is 0.276. The molecule has 2 nitrogen and oxygen atoms in total. The molecule has 14 heavy (non-hydrogen) atoms. The van der Waals surface area contributed by atoms with Crippen molar-refractivity contribution >= 4 is 15.9 Å². The second-order valence-corrected chi connectivity index (χ2v) is 3.76. The molecular weight excluding hydrogens is 256 g/mol. The van der Waals surface area contributed by atoms with E-state index in [0.717, 1.165) is 12.1 Å². The maximum absolute atomic E-state index is 12.8. The van der Waals surface area contributed by atoms with Gasteiger partial charge in [-0.25, -0.2) is 8.78 Å². The average molecular weight is 266 g/mol. The number of halogens is 3. The Balaban J connectivity index is 3.02. The predicted molar refractivity (Wildman–Crippen MR) is 52.7 cm³/mol. The second kappa shape index (κ2) is 4.82. The molecule has 0 spiro atoms. The maximum Gasteiger partial charge on any atom is 0.159 e. The quantitative estimate of drug-likeness (QED) is 0.823. The summed E-state index contributed by atoms with van der Waals surface area (Å²) >= 11 is 3.08. The van der Waals surface area contributed by atoms with E-state index >= 15 is 0 Å². The molecule has 0 fully saturated rings. The van der Waals surface area contributed by atoms with Crippen molar-refractivity contribution in [3.63, 3.8) is 0 Å². The third kappa shape index (κ3) is 2.50. The summed E-state index contributed by atoms with van der Waals surface area (Å²) in [7, 11) is 0. The lowest BCUT2D eigenvalue weighted by atomic mass is 10.1. The molecule has 0 aromatic heterocycles. The smallest absolute Gasteiger partial charge is 0.159 e. The molecule has 0 radical (unpaired) electrons. The molecule has 5 heteroatoms. The summed E-state index contributed by atoms with van der Waals surface area (Å²) in [5, 5.41) is 8.65. The Labute approximate surface area is 88.9 Å². The van der Waals surface area contributed by atoms with Crippen LogP contribution in [0.25, 0.3) is 0 Å². The number of hydrogen-bond acceptors (Lipinski definition) is 2. The second-order valence-electron chi connectivity index (χ2n) is 2.91. The van der Waals surface area contributed by atoms with E-state index in [1.54, 1.807) is 0 Å². The highest BCUT2D eigenvalue weighted by molar-refractivity contribution is 9.10. The summed E-state index contributed by atoms with van der Waals surface area (Å²) in [6.45, 7) is -0.0907. The van der Waals surface area contributed by atoms with Crippen molar-refractivity contribution in [3.8, 4) is 0 Å². The van der Waals surface area contributed by atoms with Crippen LogP contribution in [-0.2, 0) is 0 Å². The summed E-state index contributed by atoms with van der Waals surface area (Å²) in [6, 6.07) is 1.58. The molecule has 0 aliphatic rings. The lowest BCUT2D eigenvalue weighted by Crippen LogP contribution is -2.13. The van der Waals surface area contributed by atoms with Crippen LogP contribution in [0.1, 0.15) is 18.0 Å². The molecule has 1 aromatic rings. The summed E-state index contributed by atoms with van der Waals surface area (Å²) in [5.74, 6) is -1.85. The lowest BCUT2D eigenvalue weighted by Gasteiger charge is -2.12. The fourth-order valence-electron chi connectivity index (χ4n) is 1.12. The Morgan fingerprint density at radius 1 is 1.36 bits per heavy atom. The molecule has 0 heterocycles. The Morgan fingerprint density at radius 3 is 2.50 bits per heavy atom.